The standard InChI is InChI=1S/C17H19N3O2/c1-10-4-5-13-9-16(22-15(13)8-10)17(21)20-12(3)14(6-7-18)11(2)19-20/h4-5,8-9H,6-7,18H2,1-3H3. The quantitative estimate of drug-likeness (QED) is 0.806. The summed E-state index contributed by atoms with van der Waals surface area (Å²) < 4.78 is 7.10. The maximum Gasteiger partial charge on any atom is 0.314 e. The highest BCUT2D eigenvalue weighted by atomic mass is 16.3. The topological polar surface area (TPSA) is 74.0 Å². The van der Waals surface area contributed by atoms with E-state index in [0.717, 1.165) is 27.9 Å². The van der Waals surface area contributed by atoms with Gasteiger partial charge >= 0.3 is 5.91 Å². The van der Waals surface area contributed by atoms with Crippen molar-refractivity contribution in [3.63, 3.8) is 0 Å². The minimum atomic E-state index is -0.252. The minimum absolute atomic E-state index is 0.252. The summed E-state index contributed by atoms with van der Waals surface area (Å²) in [6, 6.07) is 7.63. The lowest BCUT2D eigenvalue weighted by Gasteiger charge is -2.01. The van der Waals surface area contributed by atoms with Gasteiger partial charge in [0.25, 0.3) is 0 Å². The summed E-state index contributed by atoms with van der Waals surface area (Å²) in [6.45, 7) is 6.30. The first-order valence-electron chi connectivity index (χ1n) is 7.31. The predicted molar refractivity (Wildman–Crippen MR) is 85.1 cm³/mol. The van der Waals surface area contributed by atoms with Gasteiger partial charge in [0, 0.05) is 11.1 Å². The average Bonchev–Trinajstić information content (AvgIpc) is 3.02. The van der Waals surface area contributed by atoms with Crippen molar-refractivity contribution in [2.75, 3.05) is 6.54 Å². The van der Waals surface area contributed by atoms with Crippen molar-refractivity contribution < 1.29 is 9.21 Å². The van der Waals surface area contributed by atoms with Gasteiger partial charge in [0.15, 0.2) is 5.76 Å². The molecule has 114 valence electrons. The van der Waals surface area contributed by atoms with Crippen molar-refractivity contribution in [1.82, 2.24) is 9.78 Å². The van der Waals surface area contributed by atoms with Gasteiger partial charge in [-0.2, -0.15) is 9.78 Å². The third kappa shape index (κ3) is 2.33. The molecule has 0 amide bonds. The molecule has 2 heterocycles. The van der Waals surface area contributed by atoms with Crippen LogP contribution in [0.5, 0.6) is 0 Å². The highest BCUT2D eigenvalue weighted by Gasteiger charge is 2.20. The van der Waals surface area contributed by atoms with Crippen molar-refractivity contribution in [2.24, 2.45) is 5.73 Å². The second kappa shape index (κ2) is 5.42. The Hall–Kier alpha value is -2.40. The van der Waals surface area contributed by atoms with Gasteiger partial charge in [-0.05, 0) is 57.0 Å². The number of aromatic nitrogens is 2. The summed E-state index contributed by atoms with van der Waals surface area (Å²) in [7, 11) is 0. The fourth-order valence-corrected chi connectivity index (χ4v) is 2.73. The summed E-state index contributed by atoms with van der Waals surface area (Å²) >= 11 is 0. The lowest BCUT2D eigenvalue weighted by Crippen LogP contribution is -2.15. The molecule has 5 heteroatoms. The fraction of sp³-hybridized carbons (Fsp3) is 0.294. The normalized spacial score (nSPS) is 11.3. The van der Waals surface area contributed by atoms with Crippen LogP contribution >= 0.6 is 0 Å². The number of nitrogens with two attached hydrogens (primary N) is 1. The molecular weight excluding hydrogens is 278 g/mol. The molecule has 0 unspecified atom stereocenters. The van der Waals surface area contributed by atoms with E-state index in [1.807, 2.05) is 39.0 Å². The van der Waals surface area contributed by atoms with Gasteiger partial charge in [0.1, 0.15) is 5.58 Å². The highest BCUT2D eigenvalue weighted by molar-refractivity contribution is 5.97. The molecule has 0 spiro atoms. The van der Waals surface area contributed by atoms with E-state index < -0.39 is 0 Å². The molecule has 0 fully saturated rings. The number of carbonyl (C=O) groups excluding carboxylic acids is 1. The number of hydrogen-bond donors (Lipinski definition) is 1. The molecule has 0 saturated carbocycles. The van der Waals surface area contributed by atoms with Gasteiger partial charge < -0.3 is 10.2 Å². The number of fused-ring (bicyclic) bond motifs is 1. The largest absolute Gasteiger partial charge is 0.451 e. The van der Waals surface area contributed by atoms with Crippen LogP contribution in [-0.2, 0) is 6.42 Å². The SMILES string of the molecule is Cc1ccc2cc(C(=O)n3nc(C)c(CCN)c3C)oc2c1. The van der Waals surface area contributed by atoms with E-state index in [4.69, 9.17) is 10.2 Å². The van der Waals surface area contributed by atoms with Gasteiger partial charge in [0.05, 0.1) is 5.69 Å². The van der Waals surface area contributed by atoms with Crippen LogP contribution in [0.3, 0.4) is 0 Å². The summed E-state index contributed by atoms with van der Waals surface area (Å²) in [4.78, 5) is 12.7. The van der Waals surface area contributed by atoms with E-state index in [-0.39, 0.29) is 5.91 Å². The maximum atomic E-state index is 12.7. The van der Waals surface area contributed by atoms with Crippen molar-refractivity contribution in [3.05, 3.63) is 52.5 Å². The number of aryl methyl sites for hydroxylation is 2. The summed E-state index contributed by atoms with van der Waals surface area (Å²) in [5.74, 6) is 0.0447. The lowest BCUT2D eigenvalue weighted by molar-refractivity contribution is 0.0916. The molecule has 2 aromatic heterocycles. The zero-order chi connectivity index (χ0) is 15.9. The first-order valence-corrected chi connectivity index (χ1v) is 7.31. The Morgan fingerprint density at radius 2 is 2.05 bits per heavy atom. The van der Waals surface area contributed by atoms with Crippen LogP contribution in [0, 0.1) is 20.8 Å². The number of rotatable bonds is 3. The number of nitrogens with zero attached hydrogens (tertiary/aromatic N) is 2. The van der Waals surface area contributed by atoms with Crippen LogP contribution in [0.2, 0.25) is 0 Å². The first-order chi connectivity index (χ1) is 10.5. The Morgan fingerprint density at radius 1 is 1.27 bits per heavy atom. The van der Waals surface area contributed by atoms with E-state index in [1.54, 1.807) is 6.07 Å². The third-order valence-electron chi connectivity index (χ3n) is 3.91. The molecule has 0 bridgehead atoms. The summed E-state index contributed by atoms with van der Waals surface area (Å²) in [5, 5.41) is 5.26. The highest BCUT2D eigenvalue weighted by Crippen LogP contribution is 2.22. The Kier molecular flexibility index (Phi) is 3.58. The van der Waals surface area contributed by atoms with Gasteiger partial charge in [-0.15, -0.1) is 0 Å². The molecule has 2 N–H and O–H groups in total. The van der Waals surface area contributed by atoms with Crippen molar-refractivity contribution in [2.45, 2.75) is 27.2 Å². The third-order valence-corrected chi connectivity index (χ3v) is 3.91. The number of furan rings is 1. The fourth-order valence-electron chi connectivity index (χ4n) is 2.73. The van der Waals surface area contributed by atoms with Gasteiger partial charge in [-0.25, -0.2) is 0 Å². The zero-order valence-electron chi connectivity index (χ0n) is 13.0. The molecule has 5 nitrogen and oxygen atoms in total. The van der Waals surface area contributed by atoms with Crippen molar-refractivity contribution in [3.8, 4) is 0 Å². The zero-order valence-corrected chi connectivity index (χ0v) is 13.0. The van der Waals surface area contributed by atoms with E-state index in [2.05, 4.69) is 5.10 Å². The van der Waals surface area contributed by atoms with Gasteiger partial charge in [0.2, 0.25) is 0 Å². The molecule has 0 aliphatic rings. The van der Waals surface area contributed by atoms with E-state index in [0.29, 0.717) is 24.3 Å². The number of benzene rings is 1. The maximum absolute atomic E-state index is 12.7. The van der Waals surface area contributed by atoms with Crippen LogP contribution in [0.25, 0.3) is 11.0 Å². The van der Waals surface area contributed by atoms with Crippen molar-refractivity contribution in [1.29, 1.82) is 0 Å². The van der Waals surface area contributed by atoms with E-state index in [1.165, 1.54) is 4.68 Å². The van der Waals surface area contributed by atoms with Gasteiger partial charge in [-0.1, -0.05) is 12.1 Å². The molecule has 3 aromatic rings. The molecule has 0 aliphatic carbocycles. The summed E-state index contributed by atoms with van der Waals surface area (Å²) in [5.41, 5.74) is 10.1. The van der Waals surface area contributed by atoms with Crippen LogP contribution in [0.4, 0.5) is 0 Å². The predicted octanol–water partition coefficient (Wildman–Crippen LogP) is 2.74. The Labute approximate surface area is 128 Å². The first kappa shape index (κ1) is 14.5. The monoisotopic (exact) mass is 297 g/mol. The summed E-state index contributed by atoms with van der Waals surface area (Å²) in [6.07, 6.45) is 0.713. The number of carbonyl (C=O) groups is 1. The molecule has 0 atom stereocenters. The van der Waals surface area contributed by atoms with E-state index in [9.17, 15) is 4.79 Å². The molecule has 3 rings (SSSR count). The second-order valence-corrected chi connectivity index (χ2v) is 5.56. The average molecular weight is 297 g/mol. The Balaban J connectivity index is 2.04. The van der Waals surface area contributed by atoms with Gasteiger partial charge in [-0.3, -0.25) is 4.79 Å². The van der Waals surface area contributed by atoms with Crippen LogP contribution in [0.15, 0.2) is 28.7 Å². The van der Waals surface area contributed by atoms with Crippen molar-refractivity contribution >= 4 is 16.9 Å². The number of hydrogen-bond acceptors (Lipinski definition) is 4. The molecule has 1 aromatic carbocycles. The van der Waals surface area contributed by atoms with Crippen LogP contribution < -0.4 is 5.73 Å². The van der Waals surface area contributed by atoms with Crippen LogP contribution in [0.1, 0.15) is 33.1 Å². The minimum Gasteiger partial charge on any atom is -0.451 e. The van der Waals surface area contributed by atoms with Crippen LogP contribution in [-0.4, -0.2) is 22.2 Å². The molecule has 0 saturated heterocycles. The molecule has 0 radical (unpaired) electrons. The smallest absolute Gasteiger partial charge is 0.314 e. The Bertz CT molecular complexity index is 858. The van der Waals surface area contributed by atoms with E-state index >= 15 is 0 Å². The molecule has 22 heavy (non-hydrogen) atoms. The lowest BCUT2D eigenvalue weighted by atomic mass is 10.1. The molecular formula is C17H19N3O2. The molecule has 0 aliphatic heterocycles. The Morgan fingerprint density at radius 3 is 2.77 bits per heavy atom. The second-order valence-electron chi connectivity index (χ2n) is 5.56.